The Labute approximate surface area is 168 Å². The molecule has 0 radical (unpaired) electrons. The standard InChI is InChI=1S/C18H15ClN2O6S/c1-24-13-6-10(5-12(19)16(13)25-9-15(20)22)18(23)27-8-11-7-26-17(21-11)14-3-2-4-28-14/h2-7H,8-9H2,1H3,(H2,20,22). The fourth-order valence-electron chi connectivity index (χ4n) is 2.23. The van der Waals surface area contributed by atoms with Gasteiger partial charge in [-0.15, -0.1) is 11.3 Å². The number of ether oxygens (including phenoxy) is 3. The highest BCUT2D eigenvalue weighted by molar-refractivity contribution is 7.13. The van der Waals surface area contributed by atoms with E-state index in [9.17, 15) is 9.59 Å². The van der Waals surface area contributed by atoms with Crippen molar-refractivity contribution >= 4 is 34.8 Å². The molecule has 2 N–H and O–H groups in total. The molecule has 3 rings (SSSR count). The normalized spacial score (nSPS) is 10.5. The number of primary amides is 1. The lowest BCUT2D eigenvalue weighted by molar-refractivity contribution is -0.119. The zero-order valence-corrected chi connectivity index (χ0v) is 16.2. The van der Waals surface area contributed by atoms with E-state index >= 15 is 0 Å². The van der Waals surface area contributed by atoms with Crippen molar-refractivity contribution in [2.24, 2.45) is 5.73 Å². The third-order valence-corrected chi connectivity index (χ3v) is 4.60. The molecule has 0 aliphatic rings. The summed E-state index contributed by atoms with van der Waals surface area (Å²) in [6.45, 7) is -0.452. The molecule has 2 heterocycles. The number of oxazole rings is 1. The van der Waals surface area contributed by atoms with Gasteiger partial charge in [0.25, 0.3) is 5.91 Å². The van der Waals surface area contributed by atoms with Gasteiger partial charge in [-0.3, -0.25) is 4.79 Å². The second-order valence-corrected chi connectivity index (χ2v) is 6.80. The van der Waals surface area contributed by atoms with Gasteiger partial charge in [-0.25, -0.2) is 9.78 Å². The third kappa shape index (κ3) is 4.62. The molecule has 0 unspecified atom stereocenters. The van der Waals surface area contributed by atoms with Gasteiger partial charge in [0.05, 0.1) is 22.6 Å². The van der Waals surface area contributed by atoms with Crippen molar-refractivity contribution in [1.82, 2.24) is 4.98 Å². The summed E-state index contributed by atoms with van der Waals surface area (Å²) in [5, 5.41) is 1.99. The SMILES string of the molecule is COc1cc(C(=O)OCc2coc(-c3cccs3)n2)cc(Cl)c1OCC(N)=O. The molecule has 3 aromatic rings. The lowest BCUT2D eigenvalue weighted by atomic mass is 10.2. The van der Waals surface area contributed by atoms with Crippen molar-refractivity contribution < 1.29 is 28.2 Å². The predicted octanol–water partition coefficient (Wildman–Crippen LogP) is 3.29. The van der Waals surface area contributed by atoms with E-state index in [-0.39, 0.29) is 35.3 Å². The van der Waals surface area contributed by atoms with Gasteiger partial charge in [0.1, 0.15) is 18.6 Å². The zero-order chi connectivity index (χ0) is 20.1. The lowest BCUT2D eigenvalue weighted by Gasteiger charge is -2.13. The Kier molecular flexibility index (Phi) is 6.17. The van der Waals surface area contributed by atoms with E-state index in [4.69, 9.17) is 36.0 Å². The molecule has 0 saturated heterocycles. The summed E-state index contributed by atoms with van der Waals surface area (Å²) in [7, 11) is 1.37. The van der Waals surface area contributed by atoms with E-state index in [2.05, 4.69) is 4.98 Å². The van der Waals surface area contributed by atoms with Crippen LogP contribution in [0.1, 0.15) is 16.1 Å². The highest BCUT2D eigenvalue weighted by Gasteiger charge is 2.18. The van der Waals surface area contributed by atoms with Crippen LogP contribution in [0.3, 0.4) is 0 Å². The van der Waals surface area contributed by atoms with E-state index in [1.807, 2.05) is 17.5 Å². The minimum atomic E-state index is -0.670. The molecule has 1 amide bonds. The molecule has 0 spiro atoms. The average molecular weight is 423 g/mol. The maximum atomic E-state index is 12.3. The topological polar surface area (TPSA) is 114 Å². The Morgan fingerprint density at radius 3 is 2.86 bits per heavy atom. The Bertz CT molecular complexity index is 986. The number of rotatable bonds is 8. The average Bonchev–Trinajstić information content (AvgIpc) is 3.35. The summed E-state index contributed by atoms with van der Waals surface area (Å²) in [5.74, 6) is -0.570. The molecule has 0 atom stereocenters. The van der Waals surface area contributed by atoms with E-state index in [0.717, 1.165) is 4.88 Å². The van der Waals surface area contributed by atoms with Crippen LogP contribution >= 0.6 is 22.9 Å². The summed E-state index contributed by atoms with van der Waals surface area (Å²) in [4.78, 5) is 28.4. The van der Waals surface area contributed by atoms with Gasteiger partial charge in [-0.05, 0) is 23.6 Å². The van der Waals surface area contributed by atoms with Crippen LogP contribution in [0, 0.1) is 0 Å². The number of hydrogen-bond acceptors (Lipinski definition) is 8. The highest BCUT2D eigenvalue weighted by atomic mass is 35.5. The van der Waals surface area contributed by atoms with Gasteiger partial charge in [-0.1, -0.05) is 17.7 Å². The number of aromatic nitrogens is 1. The molecular weight excluding hydrogens is 408 g/mol. The van der Waals surface area contributed by atoms with Gasteiger partial charge in [0, 0.05) is 0 Å². The fraction of sp³-hybridized carbons (Fsp3) is 0.167. The number of thiophene rings is 1. The Balaban J connectivity index is 1.68. The molecular formula is C18H15ClN2O6S. The number of esters is 1. The first kappa shape index (κ1) is 19.7. The molecule has 28 heavy (non-hydrogen) atoms. The Hall–Kier alpha value is -3.04. The van der Waals surface area contributed by atoms with Gasteiger partial charge in [0.2, 0.25) is 5.89 Å². The minimum Gasteiger partial charge on any atom is -0.493 e. The Morgan fingerprint density at radius 1 is 1.36 bits per heavy atom. The van der Waals surface area contributed by atoms with Crippen LogP contribution in [-0.4, -0.2) is 30.6 Å². The summed E-state index contributed by atoms with van der Waals surface area (Å²) in [6.07, 6.45) is 1.43. The van der Waals surface area contributed by atoms with E-state index < -0.39 is 11.9 Å². The molecule has 2 aromatic heterocycles. The largest absolute Gasteiger partial charge is 0.493 e. The van der Waals surface area contributed by atoms with Crippen LogP contribution < -0.4 is 15.2 Å². The molecule has 0 aliphatic heterocycles. The van der Waals surface area contributed by atoms with Crippen LogP contribution in [0.25, 0.3) is 10.8 Å². The van der Waals surface area contributed by atoms with Crippen LogP contribution in [0.5, 0.6) is 11.5 Å². The summed E-state index contributed by atoms with van der Waals surface area (Å²) >= 11 is 7.62. The van der Waals surface area contributed by atoms with E-state index in [1.165, 1.54) is 36.8 Å². The van der Waals surface area contributed by atoms with Crippen LogP contribution in [0.2, 0.25) is 5.02 Å². The number of carbonyl (C=O) groups is 2. The Morgan fingerprint density at radius 2 is 2.18 bits per heavy atom. The second-order valence-electron chi connectivity index (χ2n) is 5.44. The van der Waals surface area contributed by atoms with Crippen LogP contribution in [0.15, 0.2) is 40.3 Å². The van der Waals surface area contributed by atoms with Crippen molar-refractivity contribution in [3.8, 4) is 22.3 Å². The van der Waals surface area contributed by atoms with Crippen molar-refractivity contribution in [2.75, 3.05) is 13.7 Å². The highest BCUT2D eigenvalue weighted by Crippen LogP contribution is 2.36. The van der Waals surface area contributed by atoms with Gasteiger partial charge >= 0.3 is 5.97 Å². The maximum Gasteiger partial charge on any atom is 0.338 e. The number of nitrogens with two attached hydrogens (primary N) is 1. The minimum absolute atomic E-state index is 0.0758. The van der Waals surface area contributed by atoms with Crippen LogP contribution in [0.4, 0.5) is 0 Å². The molecule has 0 fully saturated rings. The number of methoxy groups -OCH3 is 1. The molecule has 0 saturated carbocycles. The number of benzene rings is 1. The molecule has 146 valence electrons. The number of amides is 1. The van der Waals surface area contributed by atoms with Crippen molar-refractivity contribution in [2.45, 2.75) is 6.61 Å². The maximum absolute atomic E-state index is 12.3. The predicted molar refractivity (Wildman–Crippen MR) is 102 cm³/mol. The second kappa shape index (κ2) is 8.77. The van der Waals surface area contributed by atoms with Gasteiger partial charge < -0.3 is 24.4 Å². The summed E-state index contributed by atoms with van der Waals surface area (Å²) in [5.41, 5.74) is 5.67. The van der Waals surface area contributed by atoms with Crippen LogP contribution in [-0.2, 0) is 16.1 Å². The van der Waals surface area contributed by atoms with Gasteiger partial charge in [0.15, 0.2) is 18.1 Å². The van der Waals surface area contributed by atoms with Gasteiger partial charge in [-0.2, -0.15) is 0 Å². The molecule has 8 nitrogen and oxygen atoms in total. The smallest absolute Gasteiger partial charge is 0.338 e. The fourth-order valence-corrected chi connectivity index (χ4v) is 3.15. The summed E-state index contributed by atoms with van der Waals surface area (Å²) < 4.78 is 21.0. The first-order chi connectivity index (χ1) is 13.5. The first-order valence-electron chi connectivity index (χ1n) is 7.92. The van der Waals surface area contributed by atoms with E-state index in [0.29, 0.717) is 11.6 Å². The van der Waals surface area contributed by atoms with Crippen molar-refractivity contribution in [3.63, 3.8) is 0 Å². The molecule has 1 aromatic carbocycles. The third-order valence-electron chi connectivity index (χ3n) is 3.46. The molecule has 0 aliphatic carbocycles. The monoisotopic (exact) mass is 422 g/mol. The number of nitrogens with zero attached hydrogens (tertiary/aromatic N) is 1. The molecule has 10 heteroatoms. The lowest BCUT2D eigenvalue weighted by Crippen LogP contribution is -2.20. The van der Waals surface area contributed by atoms with Crippen molar-refractivity contribution in [3.05, 3.63) is 52.2 Å². The summed E-state index contributed by atoms with van der Waals surface area (Å²) in [6, 6.07) is 6.51. The quantitative estimate of drug-likeness (QED) is 0.554. The number of halogens is 1. The first-order valence-corrected chi connectivity index (χ1v) is 9.17. The van der Waals surface area contributed by atoms with Crippen molar-refractivity contribution in [1.29, 1.82) is 0 Å². The number of hydrogen-bond donors (Lipinski definition) is 1. The zero-order valence-electron chi connectivity index (χ0n) is 14.6. The molecule has 0 bridgehead atoms. The van der Waals surface area contributed by atoms with E-state index in [1.54, 1.807) is 0 Å². The number of carbonyl (C=O) groups excluding carboxylic acids is 2.